The van der Waals surface area contributed by atoms with Gasteiger partial charge in [0.25, 0.3) is 0 Å². The standard InChI is InChI=1S/C24H26F4/c1-2-3-4-5-6-7-8-9-16-10-22(27)24(23(28)11-16)19-12-17-14-20(25)21(26)15-18(17)13-19/h10-12,14-15H,2-9,13H2,1H3. The molecule has 4 heteroatoms. The maximum absolute atomic E-state index is 14.6. The van der Waals surface area contributed by atoms with E-state index >= 15 is 0 Å². The van der Waals surface area contributed by atoms with Crippen molar-refractivity contribution in [2.75, 3.05) is 0 Å². The van der Waals surface area contributed by atoms with Crippen molar-refractivity contribution in [2.45, 2.75) is 64.7 Å². The molecule has 0 N–H and O–H groups in total. The van der Waals surface area contributed by atoms with E-state index in [9.17, 15) is 17.6 Å². The number of hydrogen-bond donors (Lipinski definition) is 0. The van der Waals surface area contributed by atoms with E-state index in [1.807, 2.05) is 0 Å². The van der Waals surface area contributed by atoms with Crippen molar-refractivity contribution in [1.82, 2.24) is 0 Å². The quantitative estimate of drug-likeness (QED) is 0.305. The third-order valence-electron chi connectivity index (χ3n) is 5.38. The van der Waals surface area contributed by atoms with Crippen LogP contribution >= 0.6 is 0 Å². The van der Waals surface area contributed by atoms with Crippen molar-refractivity contribution in [3.8, 4) is 0 Å². The summed E-state index contributed by atoms with van der Waals surface area (Å²) in [5.74, 6) is -3.13. The first-order chi connectivity index (χ1) is 13.5. The van der Waals surface area contributed by atoms with E-state index in [-0.39, 0.29) is 12.0 Å². The van der Waals surface area contributed by atoms with Crippen LogP contribution in [0.4, 0.5) is 17.6 Å². The zero-order valence-corrected chi connectivity index (χ0v) is 16.3. The molecule has 150 valence electrons. The fourth-order valence-corrected chi connectivity index (χ4v) is 3.86. The largest absolute Gasteiger partial charge is 0.206 e. The molecule has 0 spiro atoms. The summed E-state index contributed by atoms with van der Waals surface area (Å²) in [5.41, 5.74) is 1.98. The van der Waals surface area contributed by atoms with Gasteiger partial charge in [-0.3, -0.25) is 0 Å². The van der Waals surface area contributed by atoms with Gasteiger partial charge in [-0.15, -0.1) is 0 Å². The molecule has 1 aliphatic carbocycles. The number of fused-ring (bicyclic) bond motifs is 1. The van der Waals surface area contributed by atoms with Crippen LogP contribution in [0.5, 0.6) is 0 Å². The van der Waals surface area contributed by atoms with Gasteiger partial charge in [-0.1, -0.05) is 51.5 Å². The average molecular weight is 390 g/mol. The second-order valence-electron chi connectivity index (χ2n) is 7.62. The first kappa shape index (κ1) is 20.6. The van der Waals surface area contributed by atoms with Crippen molar-refractivity contribution < 1.29 is 17.6 Å². The van der Waals surface area contributed by atoms with Gasteiger partial charge >= 0.3 is 0 Å². The van der Waals surface area contributed by atoms with Gasteiger partial charge in [0.2, 0.25) is 0 Å². The monoisotopic (exact) mass is 390 g/mol. The molecular weight excluding hydrogens is 364 g/mol. The fraction of sp³-hybridized carbons (Fsp3) is 0.417. The summed E-state index contributed by atoms with van der Waals surface area (Å²) in [7, 11) is 0. The van der Waals surface area contributed by atoms with Crippen LogP contribution in [-0.2, 0) is 12.8 Å². The highest BCUT2D eigenvalue weighted by atomic mass is 19.2. The van der Waals surface area contributed by atoms with Gasteiger partial charge in [0.05, 0.1) is 0 Å². The number of unbranched alkanes of at least 4 members (excludes halogenated alkanes) is 6. The third kappa shape index (κ3) is 4.84. The molecule has 0 fully saturated rings. The van der Waals surface area contributed by atoms with E-state index in [1.54, 1.807) is 0 Å². The molecule has 0 aliphatic heterocycles. The van der Waals surface area contributed by atoms with Crippen LogP contribution in [0.1, 0.15) is 74.1 Å². The van der Waals surface area contributed by atoms with Gasteiger partial charge in [-0.05, 0) is 65.8 Å². The summed E-state index contributed by atoms with van der Waals surface area (Å²) in [4.78, 5) is 0. The van der Waals surface area contributed by atoms with Gasteiger partial charge in [0.15, 0.2) is 11.6 Å². The zero-order valence-electron chi connectivity index (χ0n) is 16.3. The van der Waals surface area contributed by atoms with Crippen LogP contribution in [0.15, 0.2) is 24.3 Å². The number of benzene rings is 2. The molecule has 0 heterocycles. The van der Waals surface area contributed by atoms with Crippen molar-refractivity contribution in [1.29, 1.82) is 0 Å². The first-order valence-corrected chi connectivity index (χ1v) is 10.2. The van der Waals surface area contributed by atoms with Crippen molar-refractivity contribution in [3.63, 3.8) is 0 Å². The zero-order chi connectivity index (χ0) is 20.1. The molecule has 28 heavy (non-hydrogen) atoms. The molecule has 2 aromatic carbocycles. The van der Waals surface area contributed by atoms with Crippen LogP contribution in [-0.4, -0.2) is 0 Å². The SMILES string of the molecule is CCCCCCCCCc1cc(F)c(C2=Cc3cc(F)c(F)cc3C2)c(F)c1. The maximum atomic E-state index is 14.6. The Morgan fingerprint density at radius 3 is 2.00 bits per heavy atom. The molecule has 0 radical (unpaired) electrons. The molecule has 0 unspecified atom stereocenters. The van der Waals surface area contributed by atoms with E-state index < -0.39 is 23.3 Å². The molecule has 3 rings (SSSR count). The Kier molecular flexibility index (Phi) is 6.93. The highest BCUT2D eigenvalue weighted by molar-refractivity contribution is 5.89. The highest BCUT2D eigenvalue weighted by Crippen LogP contribution is 2.35. The Bertz CT molecular complexity index is 844. The van der Waals surface area contributed by atoms with Gasteiger partial charge in [-0.2, -0.15) is 0 Å². The summed E-state index contributed by atoms with van der Waals surface area (Å²) in [6.45, 7) is 2.18. The molecule has 0 saturated carbocycles. The smallest absolute Gasteiger partial charge is 0.159 e. The topological polar surface area (TPSA) is 0 Å². The predicted octanol–water partition coefficient (Wildman–Crippen LogP) is 7.63. The summed E-state index contributed by atoms with van der Waals surface area (Å²) in [6.07, 6.45) is 10.5. The minimum absolute atomic E-state index is 0.0969. The molecule has 0 aromatic heterocycles. The molecular formula is C24H26F4. The Morgan fingerprint density at radius 2 is 1.32 bits per heavy atom. The summed E-state index contributed by atoms with van der Waals surface area (Å²) in [6, 6.07) is 4.95. The number of allylic oxidation sites excluding steroid dienone is 1. The Morgan fingerprint density at radius 1 is 0.714 bits per heavy atom. The lowest BCUT2D eigenvalue weighted by Crippen LogP contribution is -1.99. The number of halogens is 4. The van der Waals surface area contributed by atoms with Crippen LogP contribution in [0.3, 0.4) is 0 Å². The number of rotatable bonds is 9. The number of aryl methyl sites for hydroxylation is 1. The number of hydrogen-bond acceptors (Lipinski definition) is 0. The molecule has 0 saturated heterocycles. The van der Waals surface area contributed by atoms with Crippen molar-refractivity contribution in [3.05, 3.63) is 69.8 Å². The lowest BCUT2D eigenvalue weighted by molar-refractivity contribution is 0.507. The van der Waals surface area contributed by atoms with Crippen molar-refractivity contribution >= 4 is 11.6 Å². The second-order valence-corrected chi connectivity index (χ2v) is 7.62. The minimum atomic E-state index is -0.956. The Hall–Kier alpha value is -2.10. The normalized spacial score (nSPS) is 13.0. The lowest BCUT2D eigenvalue weighted by Gasteiger charge is -2.09. The molecule has 0 atom stereocenters. The van der Waals surface area contributed by atoms with E-state index in [1.165, 1.54) is 43.9 Å². The van der Waals surface area contributed by atoms with E-state index in [2.05, 4.69) is 6.92 Å². The minimum Gasteiger partial charge on any atom is -0.206 e. The second kappa shape index (κ2) is 9.40. The van der Waals surface area contributed by atoms with Gasteiger partial charge in [0.1, 0.15) is 11.6 Å². The van der Waals surface area contributed by atoms with Gasteiger partial charge < -0.3 is 0 Å². The molecule has 0 bridgehead atoms. The summed E-state index contributed by atoms with van der Waals surface area (Å²) >= 11 is 0. The van der Waals surface area contributed by atoms with Gasteiger partial charge in [0, 0.05) is 5.56 Å². The molecule has 0 nitrogen and oxygen atoms in total. The van der Waals surface area contributed by atoms with E-state index in [0.29, 0.717) is 28.7 Å². The first-order valence-electron chi connectivity index (χ1n) is 10.2. The van der Waals surface area contributed by atoms with E-state index in [0.717, 1.165) is 31.4 Å². The lowest BCUT2D eigenvalue weighted by atomic mass is 9.98. The molecule has 1 aliphatic rings. The highest BCUT2D eigenvalue weighted by Gasteiger charge is 2.22. The van der Waals surface area contributed by atoms with Crippen LogP contribution in [0, 0.1) is 23.3 Å². The molecule has 0 amide bonds. The fourth-order valence-electron chi connectivity index (χ4n) is 3.86. The Labute approximate surface area is 164 Å². The third-order valence-corrected chi connectivity index (χ3v) is 5.38. The average Bonchev–Trinajstić information content (AvgIpc) is 3.03. The van der Waals surface area contributed by atoms with Crippen LogP contribution < -0.4 is 0 Å². The maximum Gasteiger partial charge on any atom is 0.159 e. The predicted molar refractivity (Wildman–Crippen MR) is 106 cm³/mol. The van der Waals surface area contributed by atoms with Crippen molar-refractivity contribution in [2.24, 2.45) is 0 Å². The summed E-state index contributed by atoms with van der Waals surface area (Å²) < 4.78 is 56.1. The summed E-state index contributed by atoms with van der Waals surface area (Å²) in [5, 5.41) is 0. The van der Waals surface area contributed by atoms with Crippen LogP contribution in [0.2, 0.25) is 0 Å². The Balaban J connectivity index is 1.64. The van der Waals surface area contributed by atoms with Crippen LogP contribution in [0.25, 0.3) is 11.6 Å². The van der Waals surface area contributed by atoms with E-state index in [4.69, 9.17) is 0 Å². The molecule has 2 aromatic rings. The van der Waals surface area contributed by atoms with Gasteiger partial charge in [-0.25, -0.2) is 17.6 Å².